The number of rotatable bonds is 9. The molecule has 1 aromatic heterocycles. The molecular formula is C28H30N2O6. The fourth-order valence-corrected chi connectivity index (χ4v) is 4.58. The number of fused-ring (bicyclic) bond motifs is 1. The van der Waals surface area contributed by atoms with Crippen molar-refractivity contribution >= 4 is 11.8 Å². The first kappa shape index (κ1) is 23.9. The SMILES string of the molecule is Cc1ccccc1C(=O)N(CC(=O)N(Cc1ccc2c(c1)OCO2)Cc1ccco1)C[C@H]1CCCO1. The van der Waals surface area contributed by atoms with Crippen molar-refractivity contribution in [3.05, 3.63) is 83.3 Å². The molecule has 0 bridgehead atoms. The summed E-state index contributed by atoms with van der Waals surface area (Å²) in [5.41, 5.74) is 2.37. The smallest absolute Gasteiger partial charge is 0.254 e. The Morgan fingerprint density at radius 1 is 0.972 bits per heavy atom. The van der Waals surface area contributed by atoms with Crippen LogP contribution in [-0.4, -0.2) is 54.2 Å². The van der Waals surface area contributed by atoms with Gasteiger partial charge in [-0.3, -0.25) is 9.59 Å². The van der Waals surface area contributed by atoms with Gasteiger partial charge in [0.2, 0.25) is 12.7 Å². The van der Waals surface area contributed by atoms with Gasteiger partial charge in [0, 0.05) is 25.3 Å². The molecule has 2 aromatic carbocycles. The summed E-state index contributed by atoms with van der Waals surface area (Å²) >= 11 is 0. The Kier molecular flexibility index (Phi) is 7.23. The number of furan rings is 1. The second-order valence-electron chi connectivity index (χ2n) is 9.15. The van der Waals surface area contributed by atoms with E-state index < -0.39 is 0 Å². The maximum Gasteiger partial charge on any atom is 0.254 e. The summed E-state index contributed by atoms with van der Waals surface area (Å²) in [5, 5.41) is 0. The van der Waals surface area contributed by atoms with Crippen molar-refractivity contribution in [1.29, 1.82) is 0 Å². The third-order valence-electron chi connectivity index (χ3n) is 6.53. The Morgan fingerprint density at radius 2 is 1.83 bits per heavy atom. The normalized spacial score (nSPS) is 16.2. The quantitative estimate of drug-likeness (QED) is 0.448. The van der Waals surface area contributed by atoms with Gasteiger partial charge in [0.05, 0.1) is 18.9 Å². The summed E-state index contributed by atoms with van der Waals surface area (Å²) in [6.07, 6.45) is 3.35. The van der Waals surface area contributed by atoms with Gasteiger partial charge in [-0.25, -0.2) is 0 Å². The van der Waals surface area contributed by atoms with Crippen LogP contribution in [0.15, 0.2) is 65.3 Å². The minimum Gasteiger partial charge on any atom is -0.467 e. The van der Waals surface area contributed by atoms with Crippen LogP contribution in [0.4, 0.5) is 0 Å². The molecule has 2 aliphatic heterocycles. The van der Waals surface area contributed by atoms with Crippen LogP contribution in [0.2, 0.25) is 0 Å². The molecule has 0 N–H and O–H groups in total. The van der Waals surface area contributed by atoms with Crippen molar-refractivity contribution in [1.82, 2.24) is 9.80 Å². The predicted molar refractivity (Wildman–Crippen MR) is 132 cm³/mol. The molecule has 0 spiro atoms. The highest BCUT2D eigenvalue weighted by molar-refractivity contribution is 5.97. The Balaban J connectivity index is 1.37. The van der Waals surface area contributed by atoms with Crippen molar-refractivity contribution in [3.63, 3.8) is 0 Å². The molecule has 3 aromatic rings. The maximum absolute atomic E-state index is 13.7. The van der Waals surface area contributed by atoms with Crippen LogP contribution in [0.1, 0.15) is 40.1 Å². The lowest BCUT2D eigenvalue weighted by molar-refractivity contribution is -0.133. The first-order valence-electron chi connectivity index (χ1n) is 12.2. The van der Waals surface area contributed by atoms with Crippen LogP contribution < -0.4 is 9.47 Å². The number of carbonyl (C=O) groups is 2. The summed E-state index contributed by atoms with van der Waals surface area (Å²) in [6, 6.07) is 16.7. The van der Waals surface area contributed by atoms with Crippen LogP contribution in [0.5, 0.6) is 11.5 Å². The molecule has 5 rings (SSSR count). The highest BCUT2D eigenvalue weighted by atomic mass is 16.7. The third-order valence-corrected chi connectivity index (χ3v) is 6.53. The molecule has 0 radical (unpaired) electrons. The number of carbonyl (C=O) groups excluding carboxylic acids is 2. The molecule has 0 saturated carbocycles. The number of benzene rings is 2. The van der Waals surface area contributed by atoms with Crippen molar-refractivity contribution in [2.45, 2.75) is 39.0 Å². The minimum atomic E-state index is -0.177. The van der Waals surface area contributed by atoms with Gasteiger partial charge in [-0.2, -0.15) is 0 Å². The summed E-state index contributed by atoms with van der Waals surface area (Å²) in [6.45, 7) is 3.71. The lowest BCUT2D eigenvalue weighted by atomic mass is 10.1. The zero-order chi connectivity index (χ0) is 24.9. The average Bonchev–Trinajstić information content (AvgIpc) is 3.66. The predicted octanol–water partition coefficient (Wildman–Crippen LogP) is 4.17. The molecule has 8 nitrogen and oxygen atoms in total. The Hall–Kier alpha value is -3.78. The minimum absolute atomic E-state index is 0.0573. The number of amides is 2. The molecule has 1 saturated heterocycles. The van der Waals surface area contributed by atoms with Crippen molar-refractivity contribution in [2.75, 3.05) is 26.5 Å². The van der Waals surface area contributed by atoms with Crippen LogP contribution >= 0.6 is 0 Å². The summed E-state index contributed by atoms with van der Waals surface area (Å²) < 4.78 is 22.3. The van der Waals surface area contributed by atoms with Gasteiger partial charge >= 0.3 is 0 Å². The van der Waals surface area contributed by atoms with Gasteiger partial charge in [-0.15, -0.1) is 0 Å². The summed E-state index contributed by atoms with van der Waals surface area (Å²) in [7, 11) is 0. The number of hydrogen-bond donors (Lipinski definition) is 0. The van der Waals surface area contributed by atoms with Crippen molar-refractivity contribution < 1.29 is 28.2 Å². The highest BCUT2D eigenvalue weighted by Gasteiger charge is 2.28. The van der Waals surface area contributed by atoms with E-state index in [0.29, 0.717) is 42.5 Å². The average molecular weight is 491 g/mol. The Labute approximate surface area is 210 Å². The van der Waals surface area contributed by atoms with Crippen molar-refractivity contribution in [3.8, 4) is 11.5 Å². The highest BCUT2D eigenvalue weighted by Crippen LogP contribution is 2.33. The van der Waals surface area contributed by atoms with E-state index in [0.717, 1.165) is 24.0 Å². The van der Waals surface area contributed by atoms with E-state index in [4.69, 9.17) is 18.6 Å². The lowest BCUT2D eigenvalue weighted by Gasteiger charge is -2.29. The number of nitrogens with zero attached hydrogens (tertiary/aromatic N) is 2. The monoisotopic (exact) mass is 490 g/mol. The second-order valence-corrected chi connectivity index (χ2v) is 9.15. The van der Waals surface area contributed by atoms with E-state index >= 15 is 0 Å². The molecule has 3 heterocycles. The fraction of sp³-hybridized carbons (Fsp3) is 0.357. The van der Waals surface area contributed by atoms with E-state index in [9.17, 15) is 9.59 Å². The first-order chi connectivity index (χ1) is 17.6. The number of hydrogen-bond acceptors (Lipinski definition) is 6. The Morgan fingerprint density at radius 3 is 2.61 bits per heavy atom. The van der Waals surface area contributed by atoms with Crippen LogP contribution in [-0.2, 0) is 22.6 Å². The molecule has 2 aliphatic rings. The van der Waals surface area contributed by atoms with E-state index in [1.807, 2.05) is 49.4 Å². The molecule has 0 unspecified atom stereocenters. The van der Waals surface area contributed by atoms with Gasteiger partial charge in [-0.1, -0.05) is 24.3 Å². The summed E-state index contributed by atoms with van der Waals surface area (Å²) in [4.78, 5) is 30.6. The zero-order valence-electron chi connectivity index (χ0n) is 20.4. The first-order valence-corrected chi connectivity index (χ1v) is 12.2. The number of ether oxygens (including phenoxy) is 3. The molecule has 1 fully saturated rings. The molecule has 36 heavy (non-hydrogen) atoms. The maximum atomic E-state index is 13.7. The summed E-state index contributed by atoms with van der Waals surface area (Å²) in [5.74, 6) is 1.67. The number of aryl methyl sites for hydroxylation is 1. The van der Waals surface area contributed by atoms with Crippen LogP contribution in [0, 0.1) is 6.92 Å². The Bertz CT molecular complexity index is 1200. The van der Waals surface area contributed by atoms with E-state index in [1.165, 1.54) is 0 Å². The zero-order valence-corrected chi connectivity index (χ0v) is 20.4. The van der Waals surface area contributed by atoms with Gasteiger partial charge < -0.3 is 28.4 Å². The second kappa shape index (κ2) is 10.9. The topological polar surface area (TPSA) is 81.5 Å². The molecule has 8 heteroatoms. The molecule has 0 aliphatic carbocycles. The molecule has 188 valence electrons. The van der Waals surface area contributed by atoms with Gasteiger partial charge in [0.15, 0.2) is 11.5 Å². The van der Waals surface area contributed by atoms with Crippen LogP contribution in [0.3, 0.4) is 0 Å². The van der Waals surface area contributed by atoms with Gasteiger partial charge in [0.1, 0.15) is 12.3 Å². The van der Waals surface area contributed by atoms with Gasteiger partial charge in [-0.05, 0) is 61.2 Å². The van der Waals surface area contributed by atoms with E-state index in [1.54, 1.807) is 28.2 Å². The standard InChI is InChI=1S/C28H30N2O6/c1-20-6-2-3-9-24(20)28(32)30(17-23-8-5-13-34-23)18-27(31)29(16-22-7-4-12-33-22)15-21-10-11-25-26(14-21)36-19-35-25/h2-4,6-7,9-12,14,23H,5,8,13,15-19H2,1H3/t23-/m1/s1. The van der Waals surface area contributed by atoms with Crippen LogP contribution in [0.25, 0.3) is 0 Å². The molecule has 1 atom stereocenters. The third kappa shape index (κ3) is 5.54. The largest absolute Gasteiger partial charge is 0.467 e. The van der Waals surface area contributed by atoms with Crippen molar-refractivity contribution in [2.24, 2.45) is 0 Å². The molecular weight excluding hydrogens is 460 g/mol. The fourth-order valence-electron chi connectivity index (χ4n) is 4.58. The lowest BCUT2D eigenvalue weighted by Crippen LogP contribution is -2.45. The molecule has 2 amide bonds. The van der Waals surface area contributed by atoms with E-state index in [-0.39, 0.29) is 37.8 Å². The van der Waals surface area contributed by atoms with Gasteiger partial charge in [0.25, 0.3) is 5.91 Å². The van der Waals surface area contributed by atoms with E-state index in [2.05, 4.69) is 0 Å².